The molecule has 0 saturated heterocycles. The molecule has 240 valence electrons. The normalized spacial score (nSPS) is 15.4. The maximum Gasteiger partial charge on any atom is 0.312 e. The molecule has 3 atom stereocenters. The third-order valence-corrected chi connectivity index (χ3v) is 8.72. The van der Waals surface area contributed by atoms with Crippen molar-refractivity contribution in [2.75, 3.05) is 26.2 Å². The van der Waals surface area contributed by atoms with Gasteiger partial charge >= 0.3 is 11.9 Å². The molecule has 0 heterocycles. The smallest absolute Gasteiger partial charge is 0.312 e. The molecule has 0 bridgehead atoms. The summed E-state index contributed by atoms with van der Waals surface area (Å²) in [5.74, 6) is -5.10. The molecule has 0 aromatic carbocycles. The fourth-order valence-electron chi connectivity index (χ4n) is 5.86. The van der Waals surface area contributed by atoms with Crippen molar-refractivity contribution in [3.05, 3.63) is 12.2 Å². The van der Waals surface area contributed by atoms with E-state index in [2.05, 4.69) is 13.0 Å². The number of unbranched alkanes of at least 4 members (excludes halogenated alkanes) is 14. The first-order valence-electron chi connectivity index (χ1n) is 16.8. The molecule has 0 aliphatic heterocycles. The van der Waals surface area contributed by atoms with Gasteiger partial charge in [-0.2, -0.15) is 0 Å². The number of hydrogen-bond donors (Lipinski definition) is 2. The molecular weight excluding hydrogens is 518 g/mol. The summed E-state index contributed by atoms with van der Waals surface area (Å²) in [4.78, 5) is 35.7. The van der Waals surface area contributed by atoms with Crippen molar-refractivity contribution in [3.8, 4) is 0 Å². The van der Waals surface area contributed by atoms with Crippen molar-refractivity contribution in [1.29, 1.82) is 0 Å². The van der Waals surface area contributed by atoms with Crippen LogP contribution < -0.4 is 5.11 Å². The summed E-state index contributed by atoms with van der Waals surface area (Å²) in [6, 6.07) is 0. The Hall–Kier alpha value is -1.89. The van der Waals surface area contributed by atoms with Crippen LogP contribution in [0, 0.1) is 17.8 Å². The van der Waals surface area contributed by atoms with Gasteiger partial charge < -0.3 is 24.6 Å². The van der Waals surface area contributed by atoms with Gasteiger partial charge in [0.15, 0.2) is 0 Å². The molecule has 0 saturated carbocycles. The Morgan fingerprint density at radius 3 is 1.29 bits per heavy atom. The molecule has 0 aromatic rings. The zero-order valence-corrected chi connectivity index (χ0v) is 26.9. The van der Waals surface area contributed by atoms with E-state index in [-0.39, 0.29) is 24.1 Å². The second-order valence-electron chi connectivity index (χ2n) is 12.2. The van der Waals surface area contributed by atoms with E-state index < -0.39 is 35.7 Å². The first kappa shape index (κ1) is 39.1. The number of carbonyl (C=O) groups is 3. The van der Waals surface area contributed by atoms with Crippen molar-refractivity contribution in [2.24, 2.45) is 17.8 Å². The highest BCUT2D eigenvalue weighted by molar-refractivity contribution is 5.71. The zero-order chi connectivity index (χ0) is 30.9. The second-order valence-corrected chi connectivity index (χ2v) is 12.2. The minimum Gasteiger partial charge on any atom is -0.550 e. The molecule has 0 amide bonds. The van der Waals surface area contributed by atoms with E-state index in [1.165, 1.54) is 83.5 Å². The summed E-state index contributed by atoms with van der Waals surface area (Å²) in [6.07, 6.45) is 24.6. The van der Waals surface area contributed by atoms with Gasteiger partial charge in [0.2, 0.25) is 0 Å². The molecule has 0 aliphatic carbocycles. The Balaban J connectivity index is 4.87. The third-order valence-electron chi connectivity index (χ3n) is 8.72. The summed E-state index contributed by atoms with van der Waals surface area (Å²) in [7, 11) is 0. The van der Waals surface area contributed by atoms with Gasteiger partial charge in [0.1, 0.15) is 11.8 Å². The van der Waals surface area contributed by atoms with Gasteiger partial charge in [-0.3, -0.25) is 9.59 Å². The van der Waals surface area contributed by atoms with E-state index in [9.17, 15) is 29.7 Å². The largest absolute Gasteiger partial charge is 0.550 e. The van der Waals surface area contributed by atoms with Crippen LogP contribution >= 0.6 is 0 Å². The topological polar surface area (TPSA) is 115 Å². The molecule has 2 N–H and O–H groups in total. The molecule has 0 spiro atoms. The molecule has 0 rings (SSSR count). The molecule has 0 aliphatic rings. The van der Waals surface area contributed by atoms with Gasteiger partial charge in [0, 0.05) is 5.92 Å². The quantitative estimate of drug-likeness (QED) is 0.0547. The minimum absolute atomic E-state index is 0.136. The SMILES string of the molecule is CCCCCCCCCCCCCCCC/C=C/C[N+](CC(CC)C(=O)[O-])(CC(CC)C(=O)O)CC(CC)C(=O)O. The van der Waals surface area contributed by atoms with Gasteiger partial charge in [0.05, 0.1) is 32.1 Å². The maximum atomic E-state index is 11.9. The Morgan fingerprint density at radius 2 is 0.951 bits per heavy atom. The predicted octanol–water partition coefficient (Wildman–Crippen LogP) is 7.23. The van der Waals surface area contributed by atoms with Crippen LogP contribution in [0.3, 0.4) is 0 Å². The molecule has 0 aromatic heterocycles. The van der Waals surface area contributed by atoms with Gasteiger partial charge in [-0.15, -0.1) is 0 Å². The minimum atomic E-state index is -1.16. The Labute approximate surface area is 251 Å². The van der Waals surface area contributed by atoms with Crippen LogP contribution in [0.2, 0.25) is 0 Å². The van der Waals surface area contributed by atoms with Gasteiger partial charge in [-0.25, -0.2) is 0 Å². The van der Waals surface area contributed by atoms with Crippen LogP contribution in [0.4, 0.5) is 0 Å². The van der Waals surface area contributed by atoms with Crippen molar-refractivity contribution in [3.63, 3.8) is 0 Å². The number of aliphatic carboxylic acids is 3. The van der Waals surface area contributed by atoms with E-state index in [1.807, 2.05) is 19.9 Å². The van der Waals surface area contributed by atoms with E-state index in [0.29, 0.717) is 25.8 Å². The molecular formula is C34H63NO6. The van der Waals surface area contributed by atoms with Crippen molar-refractivity contribution in [2.45, 2.75) is 143 Å². The average molecular weight is 582 g/mol. The number of quaternary nitrogens is 1. The predicted molar refractivity (Wildman–Crippen MR) is 165 cm³/mol. The van der Waals surface area contributed by atoms with Crippen molar-refractivity contribution in [1.82, 2.24) is 0 Å². The Bertz CT molecular complexity index is 662. The maximum absolute atomic E-state index is 11.9. The lowest BCUT2D eigenvalue weighted by atomic mass is 9.96. The number of allylic oxidation sites excluding steroid dienone is 1. The molecule has 41 heavy (non-hydrogen) atoms. The van der Waals surface area contributed by atoms with Gasteiger partial charge in [-0.1, -0.05) is 117 Å². The van der Waals surface area contributed by atoms with Gasteiger partial charge in [-0.05, 0) is 38.2 Å². The molecule has 7 heteroatoms. The highest BCUT2D eigenvalue weighted by Gasteiger charge is 2.38. The first-order chi connectivity index (χ1) is 19.7. The fourth-order valence-corrected chi connectivity index (χ4v) is 5.86. The van der Waals surface area contributed by atoms with E-state index >= 15 is 0 Å². The number of rotatable bonds is 29. The molecule has 7 nitrogen and oxygen atoms in total. The van der Waals surface area contributed by atoms with Crippen LogP contribution in [-0.2, 0) is 14.4 Å². The van der Waals surface area contributed by atoms with Crippen LogP contribution in [0.15, 0.2) is 12.2 Å². The summed E-state index contributed by atoms with van der Waals surface area (Å²) in [5, 5.41) is 31.4. The number of hydrogen-bond acceptors (Lipinski definition) is 4. The van der Waals surface area contributed by atoms with E-state index in [4.69, 9.17) is 0 Å². The Kier molecular flexibility index (Phi) is 23.5. The number of carboxylic acid groups (broad SMARTS) is 3. The highest BCUT2D eigenvalue weighted by atomic mass is 16.4. The lowest BCUT2D eigenvalue weighted by Crippen LogP contribution is -2.59. The summed E-state index contributed by atoms with van der Waals surface area (Å²) >= 11 is 0. The zero-order valence-electron chi connectivity index (χ0n) is 26.9. The second kappa shape index (κ2) is 24.7. The number of nitrogens with zero attached hydrogens (tertiary/aromatic N) is 1. The molecule has 3 unspecified atom stereocenters. The first-order valence-corrected chi connectivity index (χ1v) is 16.8. The fraction of sp³-hybridized carbons (Fsp3) is 0.853. The van der Waals surface area contributed by atoms with E-state index in [0.717, 1.165) is 12.8 Å². The van der Waals surface area contributed by atoms with Crippen LogP contribution in [-0.4, -0.2) is 58.8 Å². The van der Waals surface area contributed by atoms with Crippen molar-refractivity contribution < 1.29 is 34.2 Å². The Morgan fingerprint density at radius 1 is 0.585 bits per heavy atom. The van der Waals surface area contributed by atoms with Crippen molar-refractivity contribution >= 4 is 17.9 Å². The van der Waals surface area contributed by atoms with Crippen LogP contribution in [0.25, 0.3) is 0 Å². The highest BCUT2D eigenvalue weighted by Crippen LogP contribution is 2.24. The number of carbonyl (C=O) groups excluding carboxylic acids is 1. The molecule has 0 radical (unpaired) electrons. The van der Waals surface area contributed by atoms with Crippen LogP contribution in [0.1, 0.15) is 143 Å². The summed E-state index contributed by atoms with van der Waals surface area (Å²) < 4.78 is 0.136. The molecule has 0 fully saturated rings. The lowest BCUT2D eigenvalue weighted by molar-refractivity contribution is -0.929. The third kappa shape index (κ3) is 19.0. The van der Waals surface area contributed by atoms with E-state index in [1.54, 1.807) is 6.92 Å². The summed E-state index contributed by atoms with van der Waals surface area (Å²) in [5.41, 5.74) is 0. The standard InChI is InChI=1S/C34H63NO6/c1-5-9-10-11-12-13-14-15-16-17-18-19-20-21-22-23-24-25-35(26-29(6-2)32(36)37,27-30(7-3)33(38)39)28-31(8-4)34(40)41/h23-24,29-31H,5-22,25-28H2,1-4H3,(H2-,36,37,38,39,40,41)/b24-23+. The summed E-state index contributed by atoms with van der Waals surface area (Å²) in [6.45, 7) is 8.68. The lowest BCUT2D eigenvalue weighted by Gasteiger charge is -2.43. The monoisotopic (exact) mass is 581 g/mol. The van der Waals surface area contributed by atoms with Gasteiger partial charge in [0.25, 0.3) is 0 Å². The number of carboxylic acids is 3. The average Bonchev–Trinajstić information content (AvgIpc) is 2.94. The van der Waals surface area contributed by atoms with Crippen LogP contribution in [0.5, 0.6) is 0 Å².